The number of likely N-dealkylation sites (N-methyl/N-ethyl adjacent to an activating group) is 2. The highest BCUT2D eigenvalue weighted by Crippen LogP contribution is 2.23. The van der Waals surface area contributed by atoms with Crippen LogP contribution in [0.5, 0.6) is 0 Å². The summed E-state index contributed by atoms with van der Waals surface area (Å²) in [6, 6.07) is -0.508. The van der Waals surface area contributed by atoms with E-state index in [4.69, 9.17) is 5.84 Å². The van der Waals surface area contributed by atoms with Gasteiger partial charge in [0.05, 0.1) is 0 Å². The van der Waals surface area contributed by atoms with Gasteiger partial charge >= 0.3 is 12.1 Å². The first-order valence-electron chi connectivity index (χ1n) is 3.88. The maximum Gasteiger partial charge on any atom is 0.335 e. The Kier molecular flexibility index (Phi) is 2.47. The van der Waals surface area contributed by atoms with Crippen LogP contribution in [-0.2, 0) is 0 Å². The van der Waals surface area contributed by atoms with Crippen LogP contribution in [0.25, 0.3) is 0 Å². The Morgan fingerprint density at radius 1 is 1.29 bits per heavy atom. The average molecular weight is 222 g/mol. The van der Waals surface area contributed by atoms with Crippen molar-refractivity contribution in [3.05, 3.63) is 0 Å². The van der Waals surface area contributed by atoms with E-state index in [2.05, 4.69) is 5.32 Å². The summed E-state index contributed by atoms with van der Waals surface area (Å²) in [6.07, 6.45) is -0.736. The topological polar surface area (TPSA) is 81.9 Å². The molecule has 2 fully saturated rings. The fraction of sp³-hybridized carbons (Fsp3) is 0.667. The quantitative estimate of drug-likeness (QED) is 0.405. The van der Waals surface area contributed by atoms with E-state index >= 15 is 0 Å². The minimum Gasteiger partial charge on any atom is -0.313 e. The molecule has 0 aromatic rings. The van der Waals surface area contributed by atoms with Crippen molar-refractivity contribution in [2.24, 2.45) is 5.84 Å². The van der Waals surface area contributed by atoms with Gasteiger partial charge in [-0.3, -0.25) is 0 Å². The van der Waals surface area contributed by atoms with Crippen LogP contribution in [0.15, 0.2) is 0 Å². The lowest BCUT2D eigenvalue weighted by atomic mass is 10.4. The predicted molar refractivity (Wildman–Crippen MR) is 50.3 cm³/mol. The Morgan fingerprint density at radius 3 is 2.36 bits per heavy atom. The molecule has 4 amide bonds. The van der Waals surface area contributed by atoms with E-state index in [9.17, 15) is 9.59 Å². The molecule has 0 radical (unpaired) electrons. The summed E-state index contributed by atoms with van der Waals surface area (Å²) in [5.41, 5.74) is 0. The number of hydrogen-bond donors (Lipinski definition) is 2. The number of amides is 4. The number of nitrogens with one attached hydrogen (secondary N) is 1. The van der Waals surface area contributed by atoms with E-state index in [0.717, 1.165) is 5.01 Å². The van der Waals surface area contributed by atoms with E-state index in [1.54, 1.807) is 14.1 Å². The Bertz CT molecular complexity index is 285. The van der Waals surface area contributed by atoms with E-state index < -0.39 is 6.17 Å². The van der Waals surface area contributed by atoms with Crippen LogP contribution in [0.3, 0.4) is 0 Å². The molecule has 2 aliphatic heterocycles. The molecule has 2 rings (SSSR count). The minimum atomic E-state index is -0.398. The standard InChI is InChI=1S/C6H11N5O2.ClH/c1-9-3-4(10(2)6(9)13)11(7)5(12)8-3;/h3-4H,7H2,1-2H3,(H,8,12);1H. The first-order chi connectivity index (χ1) is 6.04. The van der Waals surface area contributed by atoms with Crippen LogP contribution in [0, 0.1) is 0 Å². The fourth-order valence-corrected chi connectivity index (χ4v) is 1.72. The van der Waals surface area contributed by atoms with E-state index in [0.29, 0.717) is 0 Å². The molecule has 2 atom stereocenters. The van der Waals surface area contributed by atoms with Crippen molar-refractivity contribution >= 4 is 24.5 Å². The van der Waals surface area contributed by atoms with Gasteiger partial charge in [-0.05, 0) is 0 Å². The van der Waals surface area contributed by atoms with Gasteiger partial charge in [-0.2, -0.15) is 0 Å². The molecule has 80 valence electrons. The maximum atomic E-state index is 11.4. The molecule has 2 aliphatic rings. The Hall–Kier alpha value is -1.21. The lowest BCUT2D eigenvalue weighted by Crippen LogP contribution is -2.48. The predicted octanol–water partition coefficient (Wildman–Crippen LogP) is -1.04. The van der Waals surface area contributed by atoms with E-state index in [1.165, 1.54) is 9.80 Å². The fourth-order valence-electron chi connectivity index (χ4n) is 1.72. The number of urea groups is 2. The summed E-state index contributed by atoms with van der Waals surface area (Å²) in [6.45, 7) is 0. The molecule has 2 saturated heterocycles. The number of halogens is 1. The highest BCUT2D eigenvalue weighted by Gasteiger charge is 2.51. The average Bonchev–Trinajstić information content (AvgIpc) is 2.48. The molecule has 0 aliphatic carbocycles. The van der Waals surface area contributed by atoms with Crippen molar-refractivity contribution in [3.8, 4) is 0 Å². The summed E-state index contributed by atoms with van der Waals surface area (Å²) >= 11 is 0. The minimum absolute atomic E-state index is 0. The summed E-state index contributed by atoms with van der Waals surface area (Å²) in [4.78, 5) is 25.4. The molecule has 8 heteroatoms. The highest BCUT2D eigenvalue weighted by atomic mass is 35.5. The zero-order chi connectivity index (χ0) is 9.75. The van der Waals surface area contributed by atoms with Crippen molar-refractivity contribution in [1.82, 2.24) is 20.1 Å². The van der Waals surface area contributed by atoms with Gasteiger partial charge in [-0.15, -0.1) is 12.4 Å². The lowest BCUT2D eigenvalue weighted by molar-refractivity contribution is 0.146. The molecule has 0 saturated carbocycles. The number of hydrogen-bond acceptors (Lipinski definition) is 3. The molecule has 0 aromatic heterocycles. The van der Waals surface area contributed by atoms with Crippen molar-refractivity contribution in [3.63, 3.8) is 0 Å². The second-order valence-electron chi connectivity index (χ2n) is 3.22. The van der Waals surface area contributed by atoms with Gasteiger partial charge in [0.1, 0.15) is 6.17 Å². The number of nitrogens with two attached hydrogens (primary N) is 1. The molecular formula is C6H12ClN5O2. The summed E-state index contributed by atoms with van der Waals surface area (Å²) in [5, 5.41) is 3.64. The molecular weight excluding hydrogens is 210 g/mol. The Morgan fingerprint density at radius 2 is 1.86 bits per heavy atom. The lowest BCUT2D eigenvalue weighted by Gasteiger charge is -2.21. The normalized spacial score (nSPS) is 30.4. The SMILES string of the molecule is CN1C(=O)N(C)C2C1NC(=O)N2N.Cl. The van der Waals surface area contributed by atoms with Gasteiger partial charge in [0.2, 0.25) is 0 Å². The molecule has 14 heavy (non-hydrogen) atoms. The van der Waals surface area contributed by atoms with Crippen molar-refractivity contribution in [2.45, 2.75) is 12.3 Å². The number of carbonyl (C=O) groups excluding carboxylic acids is 2. The largest absolute Gasteiger partial charge is 0.335 e. The molecule has 2 heterocycles. The summed E-state index contributed by atoms with van der Waals surface area (Å²) < 4.78 is 0. The molecule has 3 N–H and O–H groups in total. The maximum absolute atomic E-state index is 11.4. The summed E-state index contributed by atoms with van der Waals surface area (Å²) in [7, 11) is 3.24. The van der Waals surface area contributed by atoms with Crippen molar-refractivity contribution in [1.29, 1.82) is 0 Å². The Labute approximate surface area is 87.2 Å². The molecule has 0 aromatic carbocycles. The first kappa shape index (κ1) is 10.9. The Balaban J connectivity index is 0.000000980. The van der Waals surface area contributed by atoms with Crippen LogP contribution in [0.4, 0.5) is 9.59 Å². The monoisotopic (exact) mass is 221 g/mol. The second-order valence-corrected chi connectivity index (χ2v) is 3.22. The zero-order valence-corrected chi connectivity index (χ0v) is 8.61. The van der Waals surface area contributed by atoms with Gasteiger partial charge in [0.15, 0.2) is 6.17 Å². The van der Waals surface area contributed by atoms with Gasteiger partial charge in [-0.25, -0.2) is 20.4 Å². The smallest absolute Gasteiger partial charge is 0.313 e. The van der Waals surface area contributed by atoms with Gasteiger partial charge in [0.25, 0.3) is 0 Å². The van der Waals surface area contributed by atoms with Gasteiger partial charge in [-0.1, -0.05) is 0 Å². The summed E-state index contributed by atoms with van der Waals surface area (Å²) in [5.74, 6) is 5.48. The third kappa shape index (κ3) is 1.09. The number of rotatable bonds is 0. The van der Waals surface area contributed by atoms with Crippen LogP contribution in [0.1, 0.15) is 0 Å². The number of hydrazine groups is 1. The highest BCUT2D eigenvalue weighted by molar-refractivity contribution is 5.85. The third-order valence-corrected chi connectivity index (χ3v) is 2.49. The van der Waals surface area contributed by atoms with Crippen LogP contribution in [0.2, 0.25) is 0 Å². The van der Waals surface area contributed by atoms with Gasteiger partial charge < -0.3 is 15.1 Å². The van der Waals surface area contributed by atoms with E-state index in [1.807, 2.05) is 0 Å². The van der Waals surface area contributed by atoms with Crippen LogP contribution in [-0.4, -0.2) is 53.3 Å². The zero-order valence-electron chi connectivity index (χ0n) is 7.80. The van der Waals surface area contributed by atoms with Gasteiger partial charge in [0, 0.05) is 14.1 Å². The molecule has 0 spiro atoms. The number of carbonyl (C=O) groups is 2. The first-order valence-corrected chi connectivity index (χ1v) is 3.88. The molecule has 0 bridgehead atoms. The van der Waals surface area contributed by atoms with E-state index in [-0.39, 0.29) is 30.6 Å². The molecule has 7 nitrogen and oxygen atoms in total. The number of fused-ring (bicyclic) bond motifs is 1. The van der Waals surface area contributed by atoms with Crippen LogP contribution >= 0.6 is 12.4 Å². The second kappa shape index (κ2) is 3.18. The van der Waals surface area contributed by atoms with Crippen molar-refractivity contribution in [2.75, 3.05) is 14.1 Å². The number of nitrogens with zero attached hydrogens (tertiary/aromatic N) is 3. The van der Waals surface area contributed by atoms with Crippen LogP contribution < -0.4 is 11.2 Å². The molecule has 2 unspecified atom stereocenters. The third-order valence-electron chi connectivity index (χ3n) is 2.49. The van der Waals surface area contributed by atoms with Crippen molar-refractivity contribution < 1.29 is 9.59 Å².